The Kier molecular flexibility index (Phi) is 2.67. The molecule has 1 fully saturated rings. The van der Waals surface area contributed by atoms with Gasteiger partial charge in [-0.05, 0) is 12.8 Å². The van der Waals surface area contributed by atoms with Crippen LogP contribution in [-0.4, -0.2) is 12.3 Å². The van der Waals surface area contributed by atoms with Gasteiger partial charge in [0.15, 0.2) is 0 Å². The summed E-state index contributed by atoms with van der Waals surface area (Å²) in [6.45, 7) is 6.67. The molecule has 10 heavy (non-hydrogen) atoms. The molecule has 0 aliphatic heterocycles. The number of rotatable bonds is 4. The number of hydrogen-bond acceptors (Lipinski definition) is 1. The molecule has 0 heterocycles. The minimum atomic E-state index is 0.815. The molecule has 56 valence electrons. The largest absolute Gasteiger partial charge is 0.290 e. The molecule has 1 aliphatic carbocycles. The van der Waals surface area contributed by atoms with Crippen molar-refractivity contribution in [3.05, 3.63) is 12.7 Å². The lowest BCUT2D eigenvalue weighted by Crippen LogP contribution is -1.80. The zero-order valence-electron chi connectivity index (χ0n) is 6.64. The molecule has 0 amide bonds. The minimum Gasteiger partial charge on any atom is -0.290 e. The summed E-state index contributed by atoms with van der Waals surface area (Å²) < 4.78 is 0. The van der Waals surface area contributed by atoms with Gasteiger partial charge in [-0.15, -0.1) is 6.58 Å². The van der Waals surface area contributed by atoms with Gasteiger partial charge >= 0.3 is 0 Å². The molecule has 0 spiro atoms. The van der Waals surface area contributed by atoms with Crippen molar-refractivity contribution in [2.75, 3.05) is 6.54 Å². The summed E-state index contributed by atoms with van der Waals surface area (Å²) in [6.07, 6.45) is 5.73. The summed E-state index contributed by atoms with van der Waals surface area (Å²) in [7, 11) is 0. The summed E-state index contributed by atoms with van der Waals surface area (Å²) in [4.78, 5) is 4.35. The monoisotopic (exact) mass is 137 g/mol. The van der Waals surface area contributed by atoms with Crippen molar-refractivity contribution in [3.8, 4) is 0 Å². The van der Waals surface area contributed by atoms with E-state index in [4.69, 9.17) is 0 Å². The van der Waals surface area contributed by atoms with Crippen molar-refractivity contribution in [1.29, 1.82) is 0 Å². The molecule has 1 saturated carbocycles. The average molecular weight is 137 g/mol. The number of hydrogen-bond donors (Lipinski definition) is 0. The van der Waals surface area contributed by atoms with E-state index in [-0.39, 0.29) is 0 Å². The SMILES string of the molecule is C=CCN=C1CC1CCC. The third kappa shape index (κ3) is 1.98. The molecule has 0 aromatic rings. The zero-order chi connectivity index (χ0) is 7.40. The quantitative estimate of drug-likeness (QED) is 0.528. The lowest BCUT2D eigenvalue weighted by atomic mass is 10.2. The third-order valence-electron chi connectivity index (χ3n) is 1.83. The average Bonchev–Trinajstić information content (AvgIpc) is 2.65. The Bertz CT molecular complexity index is 147. The van der Waals surface area contributed by atoms with Crippen molar-refractivity contribution in [2.24, 2.45) is 10.9 Å². The summed E-state index contributed by atoms with van der Waals surface area (Å²) >= 11 is 0. The summed E-state index contributed by atoms with van der Waals surface area (Å²) in [5.74, 6) is 0.838. The van der Waals surface area contributed by atoms with Gasteiger partial charge in [-0.1, -0.05) is 19.4 Å². The topological polar surface area (TPSA) is 12.4 Å². The van der Waals surface area contributed by atoms with Gasteiger partial charge in [0.25, 0.3) is 0 Å². The highest BCUT2D eigenvalue weighted by Crippen LogP contribution is 2.30. The van der Waals surface area contributed by atoms with E-state index in [9.17, 15) is 0 Å². The van der Waals surface area contributed by atoms with Crippen LogP contribution in [0.15, 0.2) is 17.6 Å². The Labute approximate surface area is 62.9 Å². The van der Waals surface area contributed by atoms with Crippen LogP contribution in [0.3, 0.4) is 0 Å². The molecular weight excluding hydrogens is 122 g/mol. The highest BCUT2D eigenvalue weighted by Gasteiger charge is 2.29. The molecule has 1 rings (SSSR count). The molecule has 0 N–H and O–H groups in total. The van der Waals surface area contributed by atoms with Crippen molar-refractivity contribution in [1.82, 2.24) is 0 Å². The second-order valence-corrected chi connectivity index (χ2v) is 2.81. The lowest BCUT2D eigenvalue weighted by molar-refractivity contribution is 0.738. The first-order valence-corrected chi connectivity index (χ1v) is 4.02. The minimum absolute atomic E-state index is 0.815. The molecule has 1 nitrogen and oxygen atoms in total. The fourth-order valence-corrected chi connectivity index (χ4v) is 1.19. The maximum Gasteiger partial charge on any atom is 0.0567 e. The first-order valence-electron chi connectivity index (χ1n) is 4.02. The van der Waals surface area contributed by atoms with E-state index in [1.807, 2.05) is 6.08 Å². The fraction of sp³-hybridized carbons (Fsp3) is 0.667. The van der Waals surface area contributed by atoms with E-state index < -0.39 is 0 Å². The molecule has 0 radical (unpaired) electrons. The molecule has 1 aliphatic rings. The Hall–Kier alpha value is -0.590. The maximum absolute atomic E-state index is 4.35. The molecule has 1 heteroatoms. The predicted octanol–water partition coefficient (Wildman–Crippen LogP) is 2.43. The van der Waals surface area contributed by atoms with Crippen LogP contribution in [0.2, 0.25) is 0 Å². The van der Waals surface area contributed by atoms with Crippen LogP contribution >= 0.6 is 0 Å². The van der Waals surface area contributed by atoms with Gasteiger partial charge in [-0.25, -0.2) is 0 Å². The van der Waals surface area contributed by atoms with Gasteiger partial charge in [0, 0.05) is 11.6 Å². The number of nitrogens with zero attached hydrogens (tertiary/aromatic N) is 1. The van der Waals surface area contributed by atoms with Crippen LogP contribution in [0.4, 0.5) is 0 Å². The Morgan fingerprint density at radius 3 is 3.20 bits per heavy atom. The highest BCUT2D eigenvalue weighted by molar-refractivity contribution is 6.01. The maximum atomic E-state index is 4.35. The summed E-state index contributed by atoms with van der Waals surface area (Å²) in [6, 6.07) is 0. The van der Waals surface area contributed by atoms with E-state index in [1.54, 1.807) is 0 Å². The Morgan fingerprint density at radius 2 is 2.60 bits per heavy atom. The van der Waals surface area contributed by atoms with Gasteiger partial charge in [0.05, 0.1) is 6.54 Å². The first-order chi connectivity index (χ1) is 4.88. The summed E-state index contributed by atoms with van der Waals surface area (Å²) in [5, 5.41) is 0. The van der Waals surface area contributed by atoms with Crippen molar-refractivity contribution >= 4 is 5.71 Å². The molecule has 1 atom stereocenters. The van der Waals surface area contributed by atoms with Crippen molar-refractivity contribution in [2.45, 2.75) is 26.2 Å². The smallest absolute Gasteiger partial charge is 0.0567 e. The van der Waals surface area contributed by atoms with E-state index in [1.165, 1.54) is 25.0 Å². The van der Waals surface area contributed by atoms with Crippen molar-refractivity contribution in [3.63, 3.8) is 0 Å². The fourth-order valence-electron chi connectivity index (χ4n) is 1.19. The van der Waals surface area contributed by atoms with E-state index in [2.05, 4.69) is 18.5 Å². The van der Waals surface area contributed by atoms with Crippen LogP contribution in [0.1, 0.15) is 26.2 Å². The summed E-state index contributed by atoms with van der Waals surface area (Å²) in [5.41, 5.74) is 1.42. The molecular formula is C9H15N. The van der Waals surface area contributed by atoms with Gasteiger partial charge in [0.2, 0.25) is 0 Å². The van der Waals surface area contributed by atoms with E-state index in [0.717, 1.165) is 12.5 Å². The van der Waals surface area contributed by atoms with E-state index >= 15 is 0 Å². The standard InChI is InChI=1S/C9H15N/c1-3-5-8-7-9(8)10-6-4-2/h4,8H,2-3,5-7H2,1H3. The molecule has 0 saturated heterocycles. The number of aliphatic imine (C=N–C) groups is 1. The molecule has 0 aromatic heterocycles. The first kappa shape index (κ1) is 7.52. The van der Waals surface area contributed by atoms with Gasteiger partial charge in [-0.2, -0.15) is 0 Å². The lowest BCUT2D eigenvalue weighted by Gasteiger charge is -1.85. The van der Waals surface area contributed by atoms with Crippen molar-refractivity contribution < 1.29 is 0 Å². The van der Waals surface area contributed by atoms with Crippen LogP contribution < -0.4 is 0 Å². The predicted molar refractivity (Wildman–Crippen MR) is 45.5 cm³/mol. The van der Waals surface area contributed by atoms with Crippen LogP contribution in [0.25, 0.3) is 0 Å². The third-order valence-corrected chi connectivity index (χ3v) is 1.83. The van der Waals surface area contributed by atoms with Gasteiger partial charge in [-0.3, -0.25) is 4.99 Å². The molecule has 0 bridgehead atoms. The normalized spacial score (nSPS) is 26.9. The second kappa shape index (κ2) is 3.55. The second-order valence-electron chi connectivity index (χ2n) is 2.81. The van der Waals surface area contributed by atoms with Gasteiger partial charge < -0.3 is 0 Å². The highest BCUT2D eigenvalue weighted by atomic mass is 14.8. The van der Waals surface area contributed by atoms with Crippen LogP contribution in [-0.2, 0) is 0 Å². The van der Waals surface area contributed by atoms with Gasteiger partial charge in [0.1, 0.15) is 0 Å². The van der Waals surface area contributed by atoms with Crippen LogP contribution in [0, 0.1) is 5.92 Å². The Morgan fingerprint density at radius 1 is 1.80 bits per heavy atom. The Balaban J connectivity index is 2.17. The zero-order valence-corrected chi connectivity index (χ0v) is 6.64. The van der Waals surface area contributed by atoms with E-state index in [0.29, 0.717) is 0 Å². The van der Waals surface area contributed by atoms with Crippen LogP contribution in [0.5, 0.6) is 0 Å². The molecule has 1 unspecified atom stereocenters. The molecule has 0 aromatic carbocycles.